The quantitative estimate of drug-likeness (QED) is 0.0409. The molecule has 270 valence electrons. The van der Waals surface area contributed by atoms with Crippen molar-refractivity contribution in [3.63, 3.8) is 0 Å². The minimum absolute atomic E-state index is 0.0150. The summed E-state index contributed by atoms with van der Waals surface area (Å²) in [5.74, 6) is -28.8. The van der Waals surface area contributed by atoms with Crippen molar-refractivity contribution in [2.24, 2.45) is 0 Å². The van der Waals surface area contributed by atoms with Crippen molar-refractivity contribution in [2.45, 2.75) is 12.8 Å². The molecule has 2 rings (SSSR count). The second-order valence-electron chi connectivity index (χ2n) is 8.92. The lowest BCUT2D eigenvalue weighted by Crippen LogP contribution is -2.17. The third-order valence-corrected chi connectivity index (χ3v) is 5.53. The molecule has 0 spiro atoms. The third-order valence-electron chi connectivity index (χ3n) is 5.53. The van der Waals surface area contributed by atoms with Gasteiger partial charge in [0.1, 0.15) is 0 Å². The van der Waals surface area contributed by atoms with Gasteiger partial charge < -0.3 is 37.9 Å². The highest BCUT2D eigenvalue weighted by Crippen LogP contribution is 2.30. The Labute approximate surface area is 265 Å². The maximum Gasteiger partial charge on any atom is 0.313 e. The number of ether oxygens (including phenoxy) is 8. The molecule has 20 heteroatoms. The van der Waals surface area contributed by atoms with Gasteiger partial charge in [0.2, 0.25) is 69.7 Å². The van der Waals surface area contributed by atoms with Gasteiger partial charge in [-0.15, -0.1) is 0 Å². The van der Waals surface area contributed by atoms with Gasteiger partial charge in [-0.2, -0.15) is 17.6 Å². The summed E-state index contributed by atoms with van der Waals surface area (Å²) >= 11 is 0. The van der Waals surface area contributed by atoms with Gasteiger partial charge in [0, 0.05) is 0 Å². The van der Waals surface area contributed by atoms with Crippen LogP contribution in [-0.2, 0) is 38.0 Å². The van der Waals surface area contributed by atoms with Crippen LogP contribution in [0.25, 0.3) is 0 Å². The largest absolute Gasteiger partial charge is 0.420 e. The summed E-state index contributed by atoms with van der Waals surface area (Å²) < 4.78 is 172. The summed E-state index contributed by atoms with van der Waals surface area (Å²) in [6, 6.07) is 0. The molecule has 0 aliphatic heterocycles. The molecule has 0 aliphatic carbocycles. The Kier molecular flexibility index (Phi) is 18.1. The zero-order valence-corrected chi connectivity index (χ0v) is 24.8. The van der Waals surface area contributed by atoms with Crippen molar-refractivity contribution >= 4 is 11.9 Å². The summed E-state index contributed by atoms with van der Waals surface area (Å²) in [6.07, 6.45) is -1.07. The van der Waals surface area contributed by atoms with E-state index in [1.54, 1.807) is 0 Å². The predicted octanol–water partition coefficient (Wildman–Crippen LogP) is 4.47. The van der Waals surface area contributed by atoms with E-state index >= 15 is 0 Å². The first-order chi connectivity index (χ1) is 22.9. The van der Waals surface area contributed by atoms with Crippen LogP contribution in [0, 0.1) is 58.2 Å². The maximum absolute atomic E-state index is 13.5. The van der Waals surface area contributed by atoms with Crippen molar-refractivity contribution in [1.29, 1.82) is 0 Å². The molecule has 0 heterocycles. The number of halogens is 10. The molecule has 2 aromatic rings. The molecule has 0 saturated heterocycles. The lowest BCUT2D eigenvalue weighted by atomic mass is 10.2. The van der Waals surface area contributed by atoms with E-state index in [1.807, 2.05) is 0 Å². The summed E-state index contributed by atoms with van der Waals surface area (Å²) in [7, 11) is 0. The van der Waals surface area contributed by atoms with E-state index in [9.17, 15) is 53.5 Å². The van der Waals surface area contributed by atoms with E-state index in [-0.39, 0.29) is 79.3 Å². The monoisotopic (exact) mass is 714 g/mol. The van der Waals surface area contributed by atoms with E-state index < -0.39 is 94.5 Å². The Morgan fingerprint density at radius 1 is 0.312 bits per heavy atom. The maximum atomic E-state index is 13.5. The number of hydrogen-bond donors (Lipinski definition) is 0. The van der Waals surface area contributed by atoms with Crippen LogP contribution in [0.15, 0.2) is 0 Å². The van der Waals surface area contributed by atoms with Crippen molar-refractivity contribution in [1.82, 2.24) is 0 Å². The molecule has 0 N–H and O–H groups in total. The SMILES string of the molecule is O=C(CCOCCOCCOCCOCCOCCOCCC(=O)Oc1c(F)c(F)c(F)c(F)c1F)Oc1c(F)c(F)c(F)c(F)c1F. The Morgan fingerprint density at radius 3 is 0.729 bits per heavy atom. The zero-order chi connectivity index (χ0) is 35.6. The second kappa shape index (κ2) is 21.4. The molecule has 2 aromatic carbocycles. The smallest absolute Gasteiger partial charge is 0.313 e. The molecular weight excluding hydrogens is 686 g/mol. The lowest BCUT2D eigenvalue weighted by Gasteiger charge is -2.10. The summed E-state index contributed by atoms with van der Waals surface area (Å²) in [4.78, 5) is 23.2. The van der Waals surface area contributed by atoms with Crippen LogP contribution >= 0.6 is 0 Å². The first-order valence-electron chi connectivity index (χ1n) is 13.8. The Morgan fingerprint density at radius 2 is 0.500 bits per heavy atom. The second-order valence-corrected chi connectivity index (χ2v) is 8.92. The molecule has 0 amide bonds. The number of carbonyl (C=O) groups excluding carboxylic acids is 2. The molecular formula is C28H28F10O10. The number of rotatable bonds is 23. The van der Waals surface area contributed by atoms with Gasteiger partial charge in [-0.25, -0.2) is 26.3 Å². The van der Waals surface area contributed by atoms with Crippen LogP contribution < -0.4 is 9.47 Å². The van der Waals surface area contributed by atoms with E-state index in [0.717, 1.165) is 0 Å². The number of esters is 2. The zero-order valence-electron chi connectivity index (χ0n) is 24.8. The Bertz CT molecular complexity index is 1210. The fourth-order valence-corrected chi connectivity index (χ4v) is 3.19. The van der Waals surface area contributed by atoms with Crippen molar-refractivity contribution < 1.29 is 91.4 Å². The van der Waals surface area contributed by atoms with Gasteiger partial charge >= 0.3 is 11.9 Å². The minimum atomic E-state index is -2.38. The molecule has 0 saturated carbocycles. The van der Waals surface area contributed by atoms with Gasteiger partial charge in [-0.05, 0) is 0 Å². The molecule has 0 radical (unpaired) electrons. The van der Waals surface area contributed by atoms with E-state index in [2.05, 4.69) is 9.47 Å². The third kappa shape index (κ3) is 12.8. The van der Waals surface area contributed by atoms with E-state index in [1.165, 1.54) is 0 Å². The Balaban J connectivity index is 1.36. The molecule has 10 nitrogen and oxygen atoms in total. The highest BCUT2D eigenvalue weighted by atomic mass is 19.2. The van der Waals surface area contributed by atoms with Crippen LogP contribution in [0.1, 0.15) is 12.8 Å². The minimum Gasteiger partial charge on any atom is -0.420 e. The predicted molar refractivity (Wildman–Crippen MR) is 138 cm³/mol. The molecule has 48 heavy (non-hydrogen) atoms. The van der Waals surface area contributed by atoms with Crippen LogP contribution in [0.3, 0.4) is 0 Å². The van der Waals surface area contributed by atoms with Crippen molar-refractivity contribution in [3.8, 4) is 11.5 Å². The first-order valence-corrected chi connectivity index (χ1v) is 13.8. The fourth-order valence-electron chi connectivity index (χ4n) is 3.19. The number of benzene rings is 2. The molecule has 0 aliphatic rings. The van der Waals surface area contributed by atoms with E-state index in [4.69, 9.17) is 28.4 Å². The summed E-state index contributed by atoms with van der Waals surface area (Å²) in [6.45, 7) is 0.909. The molecule has 0 aromatic heterocycles. The van der Waals surface area contributed by atoms with Crippen LogP contribution in [0.4, 0.5) is 43.9 Å². The fraction of sp³-hybridized carbons (Fsp3) is 0.500. The van der Waals surface area contributed by atoms with Gasteiger partial charge in [0.25, 0.3) is 0 Å². The van der Waals surface area contributed by atoms with Gasteiger partial charge in [0.05, 0.1) is 92.1 Å². The van der Waals surface area contributed by atoms with Crippen molar-refractivity contribution in [2.75, 3.05) is 79.3 Å². The van der Waals surface area contributed by atoms with Crippen LogP contribution in [0.2, 0.25) is 0 Å². The Hall–Kier alpha value is -3.56. The lowest BCUT2D eigenvalue weighted by molar-refractivity contribution is -0.137. The standard InChI is InChI=1S/C28H28F10O10/c29-17-19(31)23(35)27(24(36)20(17)32)47-15(39)1-3-41-5-7-43-9-11-45-13-14-46-12-10-44-8-6-42-4-2-16(40)48-28-25(37)21(33)18(30)22(34)26(28)38/h1-14H2. The molecule has 0 unspecified atom stereocenters. The van der Waals surface area contributed by atoms with Gasteiger partial charge in [-0.3, -0.25) is 9.59 Å². The van der Waals surface area contributed by atoms with Crippen LogP contribution in [0.5, 0.6) is 11.5 Å². The highest BCUT2D eigenvalue weighted by Gasteiger charge is 2.29. The molecule has 0 fully saturated rings. The normalized spacial score (nSPS) is 11.3. The highest BCUT2D eigenvalue weighted by molar-refractivity contribution is 5.73. The summed E-state index contributed by atoms with van der Waals surface area (Å²) in [5.41, 5.74) is 0. The van der Waals surface area contributed by atoms with Crippen molar-refractivity contribution in [3.05, 3.63) is 58.2 Å². The van der Waals surface area contributed by atoms with Gasteiger partial charge in [0.15, 0.2) is 0 Å². The topological polar surface area (TPSA) is 108 Å². The molecule has 0 bridgehead atoms. The number of carbonyl (C=O) groups is 2. The van der Waals surface area contributed by atoms with E-state index in [0.29, 0.717) is 0 Å². The molecule has 0 atom stereocenters. The number of hydrogen-bond acceptors (Lipinski definition) is 10. The summed E-state index contributed by atoms with van der Waals surface area (Å²) in [5, 5.41) is 0. The van der Waals surface area contributed by atoms with Gasteiger partial charge in [-0.1, -0.05) is 0 Å². The van der Waals surface area contributed by atoms with Crippen LogP contribution in [-0.4, -0.2) is 91.2 Å². The average Bonchev–Trinajstić information content (AvgIpc) is 3.07. The average molecular weight is 715 g/mol. The first kappa shape index (κ1) is 40.6.